The SMILES string of the molecule is CC(C)[Si](OCCC12CC3CC(CC(C3)C1)C2)(C(C)C)C(C)C. The Bertz CT molecular complexity index is 355. The van der Waals surface area contributed by atoms with Gasteiger partial charge in [-0.2, -0.15) is 0 Å². The van der Waals surface area contributed by atoms with Crippen LogP contribution in [0.2, 0.25) is 16.6 Å². The van der Waals surface area contributed by atoms with Crippen molar-refractivity contribution in [1.29, 1.82) is 0 Å². The molecule has 0 aromatic rings. The Morgan fingerprint density at radius 3 is 1.52 bits per heavy atom. The van der Waals surface area contributed by atoms with Crippen molar-refractivity contribution in [3.8, 4) is 0 Å². The predicted octanol–water partition coefficient (Wildman–Crippen LogP) is 6.79. The van der Waals surface area contributed by atoms with Gasteiger partial charge in [0.2, 0.25) is 0 Å². The van der Waals surface area contributed by atoms with Crippen molar-refractivity contribution in [1.82, 2.24) is 0 Å². The maximum Gasteiger partial charge on any atom is 0.200 e. The normalized spacial score (nSPS) is 36.7. The van der Waals surface area contributed by atoms with Crippen LogP contribution in [0.4, 0.5) is 0 Å². The highest BCUT2D eigenvalue weighted by Crippen LogP contribution is 2.61. The van der Waals surface area contributed by atoms with Crippen LogP contribution in [0.25, 0.3) is 0 Å². The Labute approximate surface area is 146 Å². The van der Waals surface area contributed by atoms with Crippen LogP contribution in [0.5, 0.6) is 0 Å². The van der Waals surface area contributed by atoms with Gasteiger partial charge in [-0.1, -0.05) is 41.5 Å². The molecule has 0 aliphatic heterocycles. The molecule has 2 heteroatoms. The average molecular weight is 337 g/mol. The van der Waals surface area contributed by atoms with E-state index in [1.54, 1.807) is 19.3 Å². The van der Waals surface area contributed by atoms with E-state index < -0.39 is 8.32 Å². The first kappa shape index (κ1) is 18.0. The van der Waals surface area contributed by atoms with Gasteiger partial charge in [-0.3, -0.25) is 0 Å². The first-order valence-electron chi connectivity index (χ1n) is 10.4. The molecule has 4 bridgehead atoms. The monoisotopic (exact) mass is 336 g/mol. The van der Waals surface area contributed by atoms with Crippen molar-refractivity contribution < 1.29 is 4.43 Å². The van der Waals surface area contributed by atoms with Crippen LogP contribution in [0.3, 0.4) is 0 Å². The van der Waals surface area contributed by atoms with Crippen LogP contribution in [0.15, 0.2) is 0 Å². The third-order valence-corrected chi connectivity index (χ3v) is 14.0. The van der Waals surface area contributed by atoms with Crippen molar-refractivity contribution in [3.63, 3.8) is 0 Å². The molecule has 0 saturated heterocycles. The lowest BCUT2D eigenvalue weighted by molar-refractivity contribution is -0.0630. The van der Waals surface area contributed by atoms with Gasteiger partial charge in [-0.05, 0) is 84.7 Å². The molecular formula is C21H40OSi. The molecule has 0 radical (unpaired) electrons. The lowest BCUT2D eigenvalue weighted by Crippen LogP contribution is -2.50. The summed E-state index contributed by atoms with van der Waals surface area (Å²) in [6.07, 6.45) is 10.6. The topological polar surface area (TPSA) is 9.23 Å². The molecule has 0 spiro atoms. The summed E-state index contributed by atoms with van der Waals surface area (Å²) in [5.74, 6) is 3.22. The van der Waals surface area contributed by atoms with E-state index in [1.807, 2.05) is 0 Å². The summed E-state index contributed by atoms with van der Waals surface area (Å²) >= 11 is 0. The lowest BCUT2D eigenvalue weighted by Gasteiger charge is -2.57. The van der Waals surface area contributed by atoms with E-state index in [9.17, 15) is 0 Å². The molecule has 0 aromatic heterocycles. The first-order valence-corrected chi connectivity index (χ1v) is 12.6. The minimum absolute atomic E-state index is 0.680. The summed E-state index contributed by atoms with van der Waals surface area (Å²) in [6.45, 7) is 15.5. The second-order valence-electron chi connectivity index (χ2n) is 10.3. The third-order valence-electron chi connectivity index (χ3n) is 7.86. The van der Waals surface area contributed by atoms with Gasteiger partial charge in [0.05, 0.1) is 0 Å². The van der Waals surface area contributed by atoms with Gasteiger partial charge in [-0.25, -0.2) is 0 Å². The van der Waals surface area contributed by atoms with Gasteiger partial charge in [0, 0.05) is 6.61 Å². The van der Waals surface area contributed by atoms with Gasteiger partial charge >= 0.3 is 0 Å². The van der Waals surface area contributed by atoms with Crippen LogP contribution >= 0.6 is 0 Å². The second kappa shape index (κ2) is 6.48. The smallest absolute Gasteiger partial charge is 0.200 e. The summed E-state index contributed by atoms with van der Waals surface area (Å²) < 4.78 is 6.89. The fraction of sp³-hybridized carbons (Fsp3) is 1.00. The molecule has 0 unspecified atom stereocenters. The Hall–Kier alpha value is 0.177. The van der Waals surface area contributed by atoms with E-state index in [2.05, 4.69) is 41.5 Å². The summed E-state index contributed by atoms with van der Waals surface area (Å²) in [7, 11) is -1.66. The number of hydrogen-bond donors (Lipinski definition) is 0. The zero-order valence-corrected chi connectivity index (χ0v) is 17.5. The fourth-order valence-electron chi connectivity index (χ4n) is 7.54. The van der Waals surface area contributed by atoms with Crippen LogP contribution in [0.1, 0.15) is 86.5 Å². The minimum Gasteiger partial charge on any atom is -0.416 e. The quantitative estimate of drug-likeness (QED) is 0.465. The highest BCUT2D eigenvalue weighted by molar-refractivity contribution is 6.77. The Kier molecular flexibility index (Phi) is 5.07. The summed E-state index contributed by atoms with van der Waals surface area (Å²) in [4.78, 5) is 0. The molecule has 0 amide bonds. The van der Waals surface area contributed by atoms with Gasteiger partial charge < -0.3 is 4.43 Å². The largest absolute Gasteiger partial charge is 0.416 e. The molecule has 23 heavy (non-hydrogen) atoms. The zero-order valence-electron chi connectivity index (χ0n) is 16.5. The Balaban J connectivity index is 1.64. The fourth-order valence-corrected chi connectivity index (χ4v) is 13.0. The van der Waals surface area contributed by atoms with E-state index >= 15 is 0 Å². The van der Waals surface area contributed by atoms with Crippen molar-refractivity contribution in [2.75, 3.05) is 6.61 Å². The molecule has 4 aliphatic rings. The average Bonchev–Trinajstić information content (AvgIpc) is 2.40. The molecule has 134 valence electrons. The van der Waals surface area contributed by atoms with Crippen molar-refractivity contribution in [2.45, 2.75) is 103 Å². The highest BCUT2D eigenvalue weighted by Gasteiger charge is 2.51. The van der Waals surface area contributed by atoms with Crippen molar-refractivity contribution in [3.05, 3.63) is 0 Å². The summed E-state index contributed by atoms with van der Waals surface area (Å²) in [5, 5.41) is 0. The molecule has 4 fully saturated rings. The van der Waals surface area contributed by atoms with E-state index in [1.165, 1.54) is 25.7 Å². The molecule has 1 nitrogen and oxygen atoms in total. The van der Waals surface area contributed by atoms with E-state index in [4.69, 9.17) is 4.43 Å². The van der Waals surface area contributed by atoms with Gasteiger partial charge in [0.1, 0.15) is 0 Å². The molecule has 0 aromatic carbocycles. The number of rotatable bonds is 7. The van der Waals surface area contributed by atoms with Crippen molar-refractivity contribution in [2.24, 2.45) is 23.2 Å². The molecular weight excluding hydrogens is 296 g/mol. The maximum atomic E-state index is 6.89. The van der Waals surface area contributed by atoms with E-state index in [-0.39, 0.29) is 0 Å². The van der Waals surface area contributed by atoms with Gasteiger partial charge in [0.25, 0.3) is 0 Å². The summed E-state index contributed by atoms with van der Waals surface area (Å²) in [6, 6.07) is 0. The highest BCUT2D eigenvalue weighted by atomic mass is 28.4. The predicted molar refractivity (Wildman–Crippen MR) is 102 cm³/mol. The van der Waals surface area contributed by atoms with Crippen LogP contribution in [0, 0.1) is 23.2 Å². The van der Waals surface area contributed by atoms with Crippen molar-refractivity contribution >= 4 is 8.32 Å². The molecule has 4 aliphatic carbocycles. The van der Waals surface area contributed by atoms with E-state index in [0.29, 0.717) is 5.41 Å². The van der Waals surface area contributed by atoms with Crippen LogP contribution in [-0.2, 0) is 4.43 Å². The Morgan fingerprint density at radius 1 is 0.783 bits per heavy atom. The molecule has 4 saturated carbocycles. The number of hydrogen-bond acceptors (Lipinski definition) is 1. The van der Waals surface area contributed by atoms with Gasteiger partial charge in [-0.15, -0.1) is 0 Å². The van der Waals surface area contributed by atoms with E-state index in [0.717, 1.165) is 41.0 Å². The van der Waals surface area contributed by atoms with Crippen LogP contribution < -0.4 is 0 Å². The summed E-state index contributed by atoms with van der Waals surface area (Å²) in [5.41, 5.74) is 2.84. The van der Waals surface area contributed by atoms with Crippen LogP contribution in [-0.4, -0.2) is 14.9 Å². The van der Waals surface area contributed by atoms with Gasteiger partial charge in [0.15, 0.2) is 8.32 Å². The minimum atomic E-state index is -1.66. The molecule has 4 rings (SSSR count). The second-order valence-corrected chi connectivity index (χ2v) is 15.8. The lowest BCUT2D eigenvalue weighted by atomic mass is 9.49. The first-order chi connectivity index (χ1) is 10.8. The third kappa shape index (κ3) is 3.19. The standard InChI is InChI=1S/C21H40OSi/c1-15(2)23(16(3)4,17(5)6)22-8-7-21-12-18-9-19(13-21)11-20(10-18)14-21/h15-20H,7-14H2,1-6H3. The maximum absolute atomic E-state index is 6.89. The zero-order chi connectivity index (χ0) is 16.8. The molecule has 0 atom stereocenters. The molecule has 0 heterocycles. The molecule has 0 N–H and O–H groups in total. The Morgan fingerprint density at radius 2 is 1.17 bits per heavy atom.